The Balaban J connectivity index is 2.93. The van der Waals surface area contributed by atoms with Crippen molar-refractivity contribution >= 4 is 11.6 Å². The average Bonchev–Trinajstić information content (AvgIpc) is 2.28. The molecule has 0 radical (unpaired) electrons. The highest BCUT2D eigenvalue weighted by molar-refractivity contribution is 5.94. The molecule has 1 aromatic carbocycles. The molecule has 0 aliphatic carbocycles. The van der Waals surface area contributed by atoms with E-state index in [0.29, 0.717) is 0 Å². The van der Waals surface area contributed by atoms with E-state index in [-0.39, 0.29) is 12.3 Å². The highest BCUT2D eigenvalue weighted by atomic mass is 16.5. The summed E-state index contributed by atoms with van der Waals surface area (Å²) < 4.78 is 5.13. The van der Waals surface area contributed by atoms with Crippen LogP contribution in [0.25, 0.3) is 0 Å². The van der Waals surface area contributed by atoms with Crippen LogP contribution < -0.4 is 9.64 Å². The number of methoxy groups -OCH3 is 1. The van der Waals surface area contributed by atoms with Crippen molar-refractivity contribution in [3.63, 3.8) is 0 Å². The molecule has 16 heavy (non-hydrogen) atoms. The average molecular weight is 218 g/mol. The largest absolute Gasteiger partial charge is 0.496 e. The van der Waals surface area contributed by atoms with E-state index in [1.54, 1.807) is 26.3 Å². The fourth-order valence-electron chi connectivity index (χ4n) is 1.40. The number of ether oxygens (including phenoxy) is 1. The molecule has 0 aliphatic rings. The second-order valence-corrected chi connectivity index (χ2v) is 3.44. The lowest BCUT2D eigenvalue weighted by molar-refractivity contribution is -0.117. The highest BCUT2D eigenvalue weighted by Crippen LogP contribution is 2.23. The van der Waals surface area contributed by atoms with Crippen LogP contribution in [0.15, 0.2) is 18.2 Å². The summed E-state index contributed by atoms with van der Waals surface area (Å²) in [5.41, 5.74) is 1.72. The van der Waals surface area contributed by atoms with Gasteiger partial charge in [0.1, 0.15) is 12.2 Å². The molecule has 0 N–H and O–H groups in total. The van der Waals surface area contributed by atoms with Crippen molar-refractivity contribution in [2.75, 3.05) is 19.1 Å². The van der Waals surface area contributed by atoms with Crippen LogP contribution in [0.4, 0.5) is 5.69 Å². The zero-order valence-electron chi connectivity index (χ0n) is 9.65. The second-order valence-electron chi connectivity index (χ2n) is 3.44. The number of aryl methyl sites for hydroxylation is 1. The van der Waals surface area contributed by atoms with Gasteiger partial charge in [0.05, 0.1) is 13.2 Å². The first-order valence-corrected chi connectivity index (χ1v) is 4.88. The van der Waals surface area contributed by atoms with E-state index in [1.807, 2.05) is 19.1 Å². The molecule has 0 spiro atoms. The van der Waals surface area contributed by atoms with Crippen LogP contribution in [0.3, 0.4) is 0 Å². The fraction of sp³-hybridized carbons (Fsp3) is 0.333. The molecule has 0 aliphatic heterocycles. The van der Waals surface area contributed by atoms with Crippen LogP contribution in [0.5, 0.6) is 5.75 Å². The molecule has 1 amide bonds. The summed E-state index contributed by atoms with van der Waals surface area (Å²) in [6.45, 7) is 1.91. The van der Waals surface area contributed by atoms with Gasteiger partial charge in [0.25, 0.3) is 0 Å². The lowest BCUT2D eigenvalue weighted by atomic mass is 10.2. The maximum Gasteiger partial charge on any atom is 0.240 e. The Morgan fingerprint density at radius 1 is 1.56 bits per heavy atom. The Morgan fingerprint density at radius 3 is 2.75 bits per heavy atom. The molecule has 0 atom stereocenters. The molecule has 0 fully saturated rings. The zero-order chi connectivity index (χ0) is 12.1. The molecule has 0 saturated heterocycles. The van der Waals surface area contributed by atoms with Gasteiger partial charge in [-0.25, -0.2) is 0 Å². The third kappa shape index (κ3) is 2.51. The molecule has 0 unspecified atom stereocenters. The van der Waals surface area contributed by atoms with Gasteiger partial charge < -0.3 is 9.64 Å². The van der Waals surface area contributed by atoms with Crippen LogP contribution in [-0.4, -0.2) is 20.1 Å². The number of rotatable bonds is 3. The number of carbonyl (C=O) groups excluding carboxylic acids is 1. The van der Waals surface area contributed by atoms with E-state index in [9.17, 15) is 4.79 Å². The molecular formula is C12H14N2O2. The molecule has 4 nitrogen and oxygen atoms in total. The summed E-state index contributed by atoms with van der Waals surface area (Å²) in [6.07, 6.45) is -0.110. The van der Waals surface area contributed by atoms with Gasteiger partial charge in [0, 0.05) is 12.7 Å². The number of hydrogen-bond acceptors (Lipinski definition) is 3. The first kappa shape index (κ1) is 12.1. The molecule has 0 heterocycles. The maximum absolute atomic E-state index is 11.5. The van der Waals surface area contributed by atoms with Crippen molar-refractivity contribution in [1.29, 1.82) is 5.26 Å². The van der Waals surface area contributed by atoms with Gasteiger partial charge in [-0.05, 0) is 30.7 Å². The fourth-order valence-corrected chi connectivity index (χ4v) is 1.40. The molecule has 4 heteroatoms. The summed E-state index contributed by atoms with van der Waals surface area (Å²) in [5.74, 6) is 0.567. The third-order valence-electron chi connectivity index (χ3n) is 2.37. The molecule has 0 aromatic heterocycles. The second kappa shape index (κ2) is 5.17. The van der Waals surface area contributed by atoms with Crippen molar-refractivity contribution < 1.29 is 9.53 Å². The van der Waals surface area contributed by atoms with Gasteiger partial charge in [0.2, 0.25) is 5.91 Å². The molecule has 1 rings (SSSR count). The van der Waals surface area contributed by atoms with Gasteiger partial charge in [-0.2, -0.15) is 5.26 Å². The highest BCUT2D eigenvalue weighted by Gasteiger charge is 2.11. The van der Waals surface area contributed by atoms with E-state index in [4.69, 9.17) is 10.00 Å². The minimum Gasteiger partial charge on any atom is -0.496 e. The number of amides is 1. The minimum absolute atomic E-state index is 0.110. The van der Waals surface area contributed by atoms with E-state index < -0.39 is 0 Å². The Kier molecular flexibility index (Phi) is 3.90. The van der Waals surface area contributed by atoms with E-state index in [2.05, 4.69) is 0 Å². The molecule has 84 valence electrons. The number of anilines is 1. The predicted molar refractivity (Wildman–Crippen MR) is 61.4 cm³/mol. The van der Waals surface area contributed by atoms with Crippen LogP contribution in [-0.2, 0) is 4.79 Å². The van der Waals surface area contributed by atoms with Crippen LogP contribution in [0.1, 0.15) is 12.0 Å². The zero-order valence-corrected chi connectivity index (χ0v) is 9.65. The first-order chi connectivity index (χ1) is 7.60. The quantitative estimate of drug-likeness (QED) is 0.778. The van der Waals surface area contributed by atoms with Crippen molar-refractivity contribution in [2.45, 2.75) is 13.3 Å². The van der Waals surface area contributed by atoms with Gasteiger partial charge in [0.15, 0.2) is 0 Å². The van der Waals surface area contributed by atoms with E-state index >= 15 is 0 Å². The SMILES string of the molecule is COc1ccc(N(C)C(=O)CC#N)cc1C. The lowest BCUT2D eigenvalue weighted by Crippen LogP contribution is -2.25. The van der Waals surface area contributed by atoms with E-state index in [1.165, 1.54) is 4.90 Å². The van der Waals surface area contributed by atoms with Crippen molar-refractivity contribution in [2.24, 2.45) is 0 Å². The third-order valence-corrected chi connectivity index (χ3v) is 2.37. The Labute approximate surface area is 95.0 Å². The molecular weight excluding hydrogens is 204 g/mol. The normalized spacial score (nSPS) is 9.38. The van der Waals surface area contributed by atoms with E-state index in [0.717, 1.165) is 17.0 Å². The summed E-state index contributed by atoms with van der Waals surface area (Å²) in [4.78, 5) is 12.9. The van der Waals surface area contributed by atoms with Crippen molar-refractivity contribution in [3.8, 4) is 11.8 Å². The summed E-state index contributed by atoms with van der Waals surface area (Å²) in [7, 11) is 3.26. The van der Waals surface area contributed by atoms with Gasteiger partial charge in [-0.1, -0.05) is 0 Å². The monoisotopic (exact) mass is 218 g/mol. The van der Waals surface area contributed by atoms with Gasteiger partial charge >= 0.3 is 0 Å². The lowest BCUT2D eigenvalue weighted by Gasteiger charge is -2.17. The van der Waals surface area contributed by atoms with Crippen LogP contribution >= 0.6 is 0 Å². The van der Waals surface area contributed by atoms with Crippen molar-refractivity contribution in [1.82, 2.24) is 0 Å². The molecule has 0 saturated carbocycles. The Hall–Kier alpha value is -2.02. The smallest absolute Gasteiger partial charge is 0.240 e. The number of nitriles is 1. The standard InChI is InChI=1S/C12H14N2O2/c1-9-8-10(4-5-11(9)16-3)14(2)12(15)6-7-13/h4-5,8H,6H2,1-3H3. The van der Waals surface area contributed by atoms with Crippen molar-refractivity contribution in [3.05, 3.63) is 23.8 Å². The molecule has 0 bridgehead atoms. The Morgan fingerprint density at radius 2 is 2.25 bits per heavy atom. The predicted octanol–water partition coefficient (Wildman–Crippen LogP) is 1.88. The number of benzene rings is 1. The maximum atomic E-state index is 11.5. The first-order valence-electron chi connectivity index (χ1n) is 4.88. The number of carbonyl (C=O) groups is 1. The summed E-state index contributed by atoms with van der Waals surface area (Å²) >= 11 is 0. The number of nitrogens with zero attached hydrogens (tertiary/aromatic N) is 2. The minimum atomic E-state index is -0.216. The number of hydrogen-bond donors (Lipinski definition) is 0. The molecule has 1 aromatic rings. The van der Waals surface area contributed by atoms with Crippen LogP contribution in [0.2, 0.25) is 0 Å². The van der Waals surface area contributed by atoms with Gasteiger partial charge in [-0.15, -0.1) is 0 Å². The van der Waals surface area contributed by atoms with Crippen LogP contribution in [0, 0.1) is 18.3 Å². The summed E-state index contributed by atoms with van der Waals surface area (Å²) in [5, 5.41) is 8.45. The topological polar surface area (TPSA) is 53.3 Å². The summed E-state index contributed by atoms with van der Waals surface area (Å²) in [6, 6.07) is 7.29. The van der Waals surface area contributed by atoms with Gasteiger partial charge in [-0.3, -0.25) is 4.79 Å². The Bertz CT molecular complexity index is 435.